The number of piperazine rings is 1. The number of rotatable bonds is 8. The Morgan fingerprint density at radius 3 is 2.49 bits per heavy atom. The lowest BCUT2D eigenvalue weighted by Crippen LogP contribution is -2.44. The van der Waals surface area contributed by atoms with Gasteiger partial charge in [0.15, 0.2) is 5.82 Å². The van der Waals surface area contributed by atoms with Crippen LogP contribution < -0.4 is 15.5 Å². The molecule has 1 atom stereocenters. The molecule has 1 aliphatic heterocycles. The van der Waals surface area contributed by atoms with E-state index in [-0.39, 0.29) is 18.6 Å². The largest absolute Gasteiger partial charge is 0.394 e. The number of hydrogen-bond acceptors (Lipinski definition) is 6. The summed E-state index contributed by atoms with van der Waals surface area (Å²) in [6.07, 6.45) is 0.323. The van der Waals surface area contributed by atoms with Crippen molar-refractivity contribution >= 4 is 34.0 Å². The lowest BCUT2D eigenvalue weighted by Gasteiger charge is -2.34. The Hall–Kier alpha value is -4.02. The van der Waals surface area contributed by atoms with E-state index in [1.165, 1.54) is 12.1 Å². The first-order valence-electron chi connectivity index (χ1n) is 13.0. The number of likely N-dealkylation sites (N-methyl/N-ethyl adjacent to an activating group) is 1. The number of halogens is 2. The normalized spacial score (nSPS) is 14.9. The van der Waals surface area contributed by atoms with Gasteiger partial charge >= 0.3 is 0 Å². The Labute approximate surface area is 225 Å². The van der Waals surface area contributed by atoms with Gasteiger partial charge in [-0.15, -0.1) is 0 Å². The van der Waals surface area contributed by atoms with Gasteiger partial charge in [0.2, 0.25) is 0 Å². The zero-order valence-electron chi connectivity index (χ0n) is 22.0. The molecule has 2 heterocycles. The molecule has 10 heteroatoms. The molecule has 1 aromatic heterocycles. The van der Waals surface area contributed by atoms with Crippen LogP contribution in [0.2, 0.25) is 0 Å². The highest BCUT2D eigenvalue weighted by Crippen LogP contribution is 2.28. The highest BCUT2D eigenvalue weighted by Gasteiger charge is 2.20. The third kappa shape index (κ3) is 6.18. The quantitative estimate of drug-likeness (QED) is 0.270. The number of H-pyrrole nitrogens is 1. The second-order valence-corrected chi connectivity index (χ2v) is 10.1. The number of carbonyl (C=O) groups is 1. The number of amides is 1. The van der Waals surface area contributed by atoms with Crippen LogP contribution in [0.3, 0.4) is 0 Å². The molecule has 1 saturated heterocycles. The molecule has 0 radical (unpaired) electrons. The molecule has 1 amide bonds. The van der Waals surface area contributed by atoms with E-state index >= 15 is 0 Å². The molecule has 3 aromatic carbocycles. The molecule has 1 aliphatic rings. The number of aliphatic hydroxyl groups is 1. The van der Waals surface area contributed by atoms with Crippen molar-refractivity contribution in [3.05, 3.63) is 82.9 Å². The van der Waals surface area contributed by atoms with Crippen LogP contribution in [0, 0.1) is 11.6 Å². The summed E-state index contributed by atoms with van der Waals surface area (Å²) < 4.78 is 27.3. The van der Waals surface area contributed by atoms with Crippen LogP contribution in [0.1, 0.15) is 28.4 Å². The van der Waals surface area contributed by atoms with Gasteiger partial charge in [0.25, 0.3) is 5.91 Å². The van der Waals surface area contributed by atoms with Gasteiger partial charge in [-0.3, -0.25) is 9.89 Å². The number of benzene rings is 3. The van der Waals surface area contributed by atoms with E-state index in [0.29, 0.717) is 34.4 Å². The van der Waals surface area contributed by atoms with Crippen LogP contribution in [-0.4, -0.2) is 72.0 Å². The SMILES string of the molecule is CC(CO)Nc1cc(N2CCN(C)CC2)ccc1C(=O)Nc1n[nH]c2ccc(Cc3cc(F)cc(F)c3)cc12. The molecule has 0 aliphatic carbocycles. The smallest absolute Gasteiger partial charge is 0.258 e. The van der Waals surface area contributed by atoms with Crippen LogP contribution in [0.4, 0.5) is 26.0 Å². The number of hydrogen-bond donors (Lipinski definition) is 4. The van der Waals surface area contributed by atoms with Gasteiger partial charge in [-0.1, -0.05) is 6.07 Å². The summed E-state index contributed by atoms with van der Waals surface area (Å²) in [6, 6.07) is 14.4. The summed E-state index contributed by atoms with van der Waals surface area (Å²) in [4.78, 5) is 18.0. The Morgan fingerprint density at radius 2 is 1.77 bits per heavy atom. The van der Waals surface area contributed by atoms with Gasteiger partial charge < -0.3 is 25.5 Å². The van der Waals surface area contributed by atoms with Gasteiger partial charge in [0, 0.05) is 55.0 Å². The molecule has 4 N–H and O–H groups in total. The fraction of sp³-hybridized carbons (Fsp3) is 0.310. The van der Waals surface area contributed by atoms with Crippen LogP contribution in [0.25, 0.3) is 10.9 Å². The van der Waals surface area contributed by atoms with Gasteiger partial charge in [0.1, 0.15) is 11.6 Å². The summed E-state index contributed by atoms with van der Waals surface area (Å²) >= 11 is 0. The lowest BCUT2D eigenvalue weighted by molar-refractivity contribution is 0.102. The first kappa shape index (κ1) is 26.6. The number of aliphatic hydroxyl groups excluding tert-OH is 1. The first-order valence-corrected chi connectivity index (χ1v) is 13.0. The van der Waals surface area contributed by atoms with E-state index in [1.54, 1.807) is 6.07 Å². The van der Waals surface area contributed by atoms with Crippen LogP contribution in [-0.2, 0) is 6.42 Å². The van der Waals surface area contributed by atoms with Crippen molar-refractivity contribution in [2.75, 3.05) is 55.4 Å². The van der Waals surface area contributed by atoms with Crippen molar-refractivity contribution in [2.24, 2.45) is 0 Å². The van der Waals surface area contributed by atoms with Gasteiger partial charge in [-0.05, 0) is 74.0 Å². The van der Waals surface area contributed by atoms with Crippen molar-refractivity contribution in [3.8, 4) is 0 Å². The predicted octanol–water partition coefficient (Wildman–Crippen LogP) is 4.23. The van der Waals surface area contributed by atoms with Crippen molar-refractivity contribution in [2.45, 2.75) is 19.4 Å². The third-order valence-corrected chi connectivity index (χ3v) is 6.98. The molecule has 39 heavy (non-hydrogen) atoms. The predicted molar refractivity (Wildman–Crippen MR) is 150 cm³/mol. The first-order chi connectivity index (χ1) is 18.8. The van der Waals surface area contributed by atoms with Crippen LogP contribution >= 0.6 is 0 Å². The fourth-order valence-corrected chi connectivity index (χ4v) is 4.81. The van der Waals surface area contributed by atoms with Crippen molar-refractivity contribution in [1.82, 2.24) is 15.1 Å². The molecule has 4 aromatic rings. The van der Waals surface area contributed by atoms with Crippen LogP contribution in [0.15, 0.2) is 54.6 Å². The van der Waals surface area contributed by atoms with E-state index in [2.05, 4.69) is 37.7 Å². The Kier molecular flexibility index (Phi) is 7.76. The fourth-order valence-electron chi connectivity index (χ4n) is 4.81. The average molecular weight is 535 g/mol. The van der Waals surface area contributed by atoms with Gasteiger partial charge in [-0.25, -0.2) is 8.78 Å². The van der Waals surface area contributed by atoms with E-state index in [4.69, 9.17) is 0 Å². The molecule has 1 unspecified atom stereocenters. The maximum atomic E-state index is 13.7. The Morgan fingerprint density at radius 1 is 1.03 bits per heavy atom. The maximum Gasteiger partial charge on any atom is 0.258 e. The average Bonchev–Trinajstić information content (AvgIpc) is 3.30. The van der Waals surface area contributed by atoms with Crippen LogP contribution in [0.5, 0.6) is 0 Å². The summed E-state index contributed by atoms with van der Waals surface area (Å²) in [5.41, 5.74) is 4.11. The number of fused-ring (bicyclic) bond motifs is 1. The number of nitrogens with one attached hydrogen (secondary N) is 3. The molecule has 1 fully saturated rings. The number of aromatic amines is 1. The molecule has 204 valence electrons. The molecular formula is C29H32F2N6O2. The monoisotopic (exact) mass is 534 g/mol. The minimum absolute atomic E-state index is 0.0816. The van der Waals surface area contributed by atoms with E-state index < -0.39 is 11.6 Å². The van der Waals surface area contributed by atoms with E-state index in [1.807, 2.05) is 37.3 Å². The number of carbonyl (C=O) groups excluding carboxylic acids is 1. The zero-order chi connectivity index (χ0) is 27.5. The summed E-state index contributed by atoms with van der Waals surface area (Å²) in [7, 11) is 2.10. The standard InChI is InChI=1S/C29H32F2N6O2/c1-18(17-38)32-27-16-23(37-9-7-36(2)8-10-37)4-5-24(27)29(39)33-28-25-14-19(3-6-26(25)34-35-28)11-20-12-21(30)15-22(31)13-20/h3-6,12-16,18,32,38H,7-11,17H2,1-2H3,(H2,33,34,35,39). The summed E-state index contributed by atoms with van der Waals surface area (Å²) in [5, 5.41) is 23.7. The summed E-state index contributed by atoms with van der Waals surface area (Å²) in [6.45, 7) is 5.46. The highest BCUT2D eigenvalue weighted by atomic mass is 19.1. The molecule has 0 saturated carbocycles. The molecule has 5 rings (SSSR count). The van der Waals surface area contributed by atoms with Crippen molar-refractivity contribution in [3.63, 3.8) is 0 Å². The zero-order valence-corrected chi connectivity index (χ0v) is 22.0. The maximum absolute atomic E-state index is 13.7. The molecule has 0 bridgehead atoms. The van der Waals surface area contributed by atoms with E-state index in [0.717, 1.165) is 49.0 Å². The summed E-state index contributed by atoms with van der Waals surface area (Å²) in [5.74, 6) is -1.24. The lowest BCUT2D eigenvalue weighted by atomic mass is 10.0. The second kappa shape index (κ2) is 11.4. The minimum Gasteiger partial charge on any atom is -0.394 e. The third-order valence-electron chi connectivity index (χ3n) is 6.98. The van der Waals surface area contributed by atoms with Crippen molar-refractivity contribution in [1.29, 1.82) is 0 Å². The number of anilines is 3. The van der Waals surface area contributed by atoms with Gasteiger partial charge in [-0.2, -0.15) is 5.10 Å². The Balaban J connectivity index is 1.40. The highest BCUT2D eigenvalue weighted by molar-refractivity contribution is 6.11. The molecule has 0 spiro atoms. The number of aromatic nitrogens is 2. The van der Waals surface area contributed by atoms with Gasteiger partial charge in [0.05, 0.1) is 17.7 Å². The van der Waals surface area contributed by atoms with Crippen molar-refractivity contribution < 1.29 is 18.7 Å². The minimum atomic E-state index is -0.624. The molecule has 8 nitrogen and oxygen atoms in total. The molecular weight excluding hydrogens is 502 g/mol. The number of nitrogens with zero attached hydrogens (tertiary/aromatic N) is 3. The second-order valence-electron chi connectivity index (χ2n) is 10.1. The Bertz CT molecular complexity index is 1460. The topological polar surface area (TPSA) is 96.5 Å². The van der Waals surface area contributed by atoms with E-state index in [9.17, 15) is 18.7 Å².